The lowest BCUT2D eigenvalue weighted by Gasteiger charge is -2.21. The lowest BCUT2D eigenvalue weighted by atomic mass is 9.86. The molecule has 0 saturated heterocycles. The molecule has 3 nitrogen and oxygen atoms in total. The molecule has 1 unspecified atom stereocenters. The van der Waals surface area contributed by atoms with Crippen molar-refractivity contribution in [1.82, 2.24) is 0 Å². The number of halogens is 1. The molecule has 84 valence electrons. The fourth-order valence-corrected chi connectivity index (χ4v) is 2.23. The lowest BCUT2D eigenvalue weighted by molar-refractivity contribution is -0.148. The number of carboxylic acids is 1. The highest BCUT2D eigenvalue weighted by molar-refractivity contribution is 7.16. The summed E-state index contributed by atoms with van der Waals surface area (Å²) in [7, 11) is 0. The SMILES string of the molecule is CC(C)(CC(O)c1ccc(Cl)s1)C(=O)O. The van der Waals surface area contributed by atoms with Crippen LogP contribution in [-0.2, 0) is 4.79 Å². The quantitative estimate of drug-likeness (QED) is 0.861. The van der Waals surface area contributed by atoms with E-state index in [9.17, 15) is 9.90 Å². The first-order valence-corrected chi connectivity index (χ1v) is 5.69. The Morgan fingerprint density at radius 1 is 1.60 bits per heavy atom. The molecule has 0 saturated carbocycles. The first kappa shape index (κ1) is 12.5. The van der Waals surface area contributed by atoms with Gasteiger partial charge in [0.1, 0.15) is 0 Å². The van der Waals surface area contributed by atoms with Gasteiger partial charge in [-0.25, -0.2) is 0 Å². The molecule has 15 heavy (non-hydrogen) atoms. The highest BCUT2D eigenvalue weighted by Gasteiger charge is 2.31. The van der Waals surface area contributed by atoms with Gasteiger partial charge in [0.25, 0.3) is 0 Å². The molecule has 0 aliphatic carbocycles. The predicted molar refractivity (Wildman–Crippen MR) is 60.3 cm³/mol. The number of hydrogen-bond donors (Lipinski definition) is 2. The largest absolute Gasteiger partial charge is 0.481 e. The standard InChI is InChI=1S/C10H13ClO3S/c1-10(2,9(13)14)5-6(12)7-3-4-8(11)15-7/h3-4,6,12H,5H2,1-2H3,(H,13,14). The molecule has 0 bridgehead atoms. The number of rotatable bonds is 4. The van der Waals surface area contributed by atoms with Gasteiger partial charge in [-0.1, -0.05) is 11.6 Å². The average Bonchev–Trinajstić information content (AvgIpc) is 2.50. The van der Waals surface area contributed by atoms with Crippen LogP contribution in [0, 0.1) is 5.41 Å². The minimum atomic E-state index is -0.935. The van der Waals surface area contributed by atoms with Crippen molar-refractivity contribution in [3.63, 3.8) is 0 Å². The molecule has 0 amide bonds. The first-order valence-electron chi connectivity index (χ1n) is 4.49. The molecule has 2 N–H and O–H groups in total. The van der Waals surface area contributed by atoms with Gasteiger partial charge in [-0.3, -0.25) is 4.79 Å². The van der Waals surface area contributed by atoms with Crippen molar-refractivity contribution >= 4 is 28.9 Å². The molecular weight excluding hydrogens is 236 g/mol. The smallest absolute Gasteiger partial charge is 0.309 e. The molecule has 0 fully saturated rings. The van der Waals surface area contributed by atoms with Crippen LogP contribution >= 0.6 is 22.9 Å². The van der Waals surface area contributed by atoms with Crippen LogP contribution < -0.4 is 0 Å². The van der Waals surface area contributed by atoms with E-state index in [2.05, 4.69) is 0 Å². The minimum absolute atomic E-state index is 0.180. The maximum atomic E-state index is 10.9. The third-order valence-electron chi connectivity index (χ3n) is 2.21. The van der Waals surface area contributed by atoms with Crippen molar-refractivity contribution < 1.29 is 15.0 Å². The van der Waals surface area contributed by atoms with Gasteiger partial charge in [-0.15, -0.1) is 11.3 Å². The van der Waals surface area contributed by atoms with Crippen LogP contribution in [0.1, 0.15) is 31.2 Å². The van der Waals surface area contributed by atoms with Crippen LogP contribution in [-0.4, -0.2) is 16.2 Å². The fourth-order valence-electron chi connectivity index (χ4n) is 1.18. The monoisotopic (exact) mass is 248 g/mol. The number of carboxylic acid groups (broad SMARTS) is 1. The number of aliphatic carboxylic acids is 1. The van der Waals surface area contributed by atoms with E-state index in [0.29, 0.717) is 9.21 Å². The third kappa shape index (κ3) is 3.19. The van der Waals surface area contributed by atoms with E-state index in [-0.39, 0.29) is 6.42 Å². The normalized spacial score (nSPS) is 13.9. The molecule has 1 atom stereocenters. The van der Waals surface area contributed by atoms with Gasteiger partial charge in [-0.05, 0) is 32.4 Å². The van der Waals surface area contributed by atoms with E-state index in [4.69, 9.17) is 16.7 Å². The van der Waals surface area contributed by atoms with Crippen LogP contribution in [0.3, 0.4) is 0 Å². The van der Waals surface area contributed by atoms with Crippen molar-refractivity contribution in [3.05, 3.63) is 21.3 Å². The minimum Gasteiger partial charge on any atom is -0.481 e. The summed E-state index contributed by atoms with van der Waals surface area (Å²) in [4.78, 5) is 11.6. The van der Waals surface area contributed by atoms with Crippen molar-refractivity contribution in [2.24, 2.45) is 5.41 Å². The Bertz CT molecular complexity index is 359. The Morgan fingerprint density at radius 2 is 2.20 bits per heavy atom. The zero-order valence-corrected chi connectivity index (χ0v) is 10.1. The van der Waals surface area contributed by atoms with E-state index in [1.54, 1.807) is 26.0 Å². The van der Waals surface area contributed by atoms with E-state index >= 15 is 0 Å². The second-order valence-corrected chi connectivity index (χ2v) is 5.80. The highest BCUT2D eigenvalue weighted by Crippen LogP contribution is 2.34. The molecule has 1 heterocycles. The van der Waals surface area contributed by atoms with Gasteiger partial charge in [0, 0.05) is 4.88 Å². The van der Waals surface area contributed by atoms with E-state index in [1.807, 2.05) is 0 Å². The Hall–Kier alpha value is -0.580. The van der Waals surface area contributed by atoms with Crippen molar-refractivity contribution in [2.45, 2.75) is 26.4 Å². The predicted octanol–water partition coefficient (Wildman–Crippen LogP) is 2.94. The Labute approximate surface area is 97.3 Å². The molecule has 0 radical (unpaired) electrons. The molecule has 0 aromatic carbocycles. The molecule has 1 rings (SSSR count). The maximum Gasteiger partial charge on any atom is 0.309 e. The molecule has 1 aromatic heterocycles. The number of carbonyl (C=O) groups is 1. The molecule has 0 spiro atoms. The third-order valence-corrected chi connectivity index (χ3v) is 3.54. The van der Waals surface area contributed by atoms with E-state index < -0.39 is 17.5 Å². The van der Waals surface area contributed by atoms with Crippen molar-refractivity contribution in [1.29, 1.82) is 0 Å². The van der Waals surface area contributed by atoms with Crippen molar-refractivity contribution in [3.8, 4) is 0 Å². The zero-order valence-electron chi connectivity index (χ0n) is 8.53. The summed E-state index contributed by atoms with van der Waals surface area (Å²) >= 11 is 7.00. The summed E-state index contributed by atoms with van der Waals surface area (Å²) in [5.74, 6) is -0.913. The molecule has 5 heteroatoms. The summed E-state index contributed by atoms with van der Waals surface area (Å²) in [6.07, 6.45) is -0.590. The summed E-state index contributed by atoms with van der Waals surface area (Å²) in [6, 6.07) is 3.41. The van der Waals surface area contributed by atoms with Crippen LogP contribution in [0.4, 0.5) is 0 Å². The number of aliphatic hydroxyl groups excluding tert-OH is 1. The Kier molecular flexibility index (Phi) is 3.76. The molecular formula is C10H13ClO3S. The zero-order chi connectivity index (χ0) is 11.6. The lowest BCUT2D eigenvalue weighted by Crippen LogP contribution is -2.25. The topological polar surface area (TPSA) is 57.5 Å². The van der Waals surface area contributed by atoms with Crippen LogP contribution in [0.25, 0.3) is 0 Å². The van der Waals surface area contributed by atoms with Gasteiger partial charge in [0.2, 0.25) is 0 Å². The van der Waals surface area contributed by atoms with Gasteiger partial charge < -0.3 is 10.2 Å². The summed E-state index contributed by atoms with van der Waals surface area (Å²) in [5, 5.41) is 18.7. The summed E-state index contributed by atoms with van der Waals surface area (Å²) in [6.45, 7) is 3.18. The fraction of sp³-hybridized carbons (Fsp3) is 0.500. The molecule has 0 aliphatic heterocycles. The number of aliphatic hydroxyl groups is 1. The van der Waals surface area contributed by atoms with Crippen LogP contribution in [0.5, 0.6) is 0 Å². The molecule has 0 aliphatic rings. The summed E-state index contributed by atoms with van der Waals surface area (Å²) < 4.78 is 0.595. The van der Waals surface area contributed by atoms with Crippen LogP contribution in [0.2, 0.25) is 4.34 Å². The van der Waals surface area contributed by atoms with E-state index in [1.165, 1.54) is 11.3 Å². The summed E-state index contributed by atoms with van der Waals surface area (Å²) in [5.41, 5.74) is -0.935. The van der Waals surface area contributed by atoms with Gasteiger partial charge >= 0.3 is 5.97 Å². The van der Waals surface area contributed by atoms with Gasteiger partial charge in [-0.2, -0.15) is 0 Å². The number of hydrogen-bond acceptors (Lipinski definition) is 3. The second kappa shape index (κ2) is 4.51. The van der Waals surface area contributed by atoms with E-state index in [0.717, 1.165) is 0 Å². The highest BCUT2D eigenvalue weighted by atomic mass is 35.5. The molecule has 1 aromatic rings. The average molecular weight is 249 g/mol. The first-order chi connectivity index (χ1) is 6.83. The van der Waals surface area contributed by atoms with Crippen LogP contribution in [0.15, 0.2) is 12.1 Å². The Morgan fingerprint density at radius 3 is 2.60 bits per heavy atom. The maximum absolute atomic E-state index is 10.9. The second-order valence-electron chi connectivity index (χ2n) is 4.05. The van der Waals surface area contributed by atoms with Crippen molar-refractivity contribution in [2.75, 3.05) is 0 Å². The number of thiophene rings is 1. The van der Waals surface area contributed by atoms with Gasteiger partial charge in [0.15, 0.2) is 0 Å². The van der Waals surface area contributed by atoms with Gasteiger partial charge in [0.05, 0.1) is 15.9 Å². The Balaban J connectivity index is 2.71.